The fourth-order valence-corrected chi connectivity index (χ4v) is 6.72. The number of allylic oxidation sites excluding steroid dienone is 5. The maximum atomic E-state index is 13.7. The quantitative estimate of drug-likeness (QED) is 0.211. The van der Waals surface area contributed by atoms with E-state index in [0.717, 1.165) is 49.9 Å². The lowest BCUT2D eigenvalue weighted by Crippen LogP contribution is -2.53. The van der Waals surface area contributed by atoms with Gasteiger partial charge in [-0.3, -0.25) is 9.59 Å². The zero-order valence-electron chi connectivity index (χ0n) is 21.8. The molecule has 5 heteroatoms. The molecule has 0 bridgehead atoms. The number of alkyl halides is 1. The SMILES string of the molecule is CC(C)=CCOC1CCC2C(=O)C(C)=C(C3CCCCC3)OC2C1C(=O)C=CC1CCC(Cl)CC1. The van der Waals surface area contributed by atoms with E-state index in [-0.39, 0.29) is 29.0 Å². The van der Waals surface area contributed by atoms with Crippen LogP contribution in [-0.2, 0) is 19.1 Å². The van der Waals surface area contributed by atoms with Crippen LogP contribution in [0.2, 0.25) is 0 Å². The first-order chi connectivity index (χ1) is 16.8. The lowest BCUT2D eigenvalue weighted by molar-refractivity contribution is -0.151. The van der Waals surface area contributed by atoms with Crippen molar-refractivity contribution >= 4 is 23.2 Å². The molecule has 4 rings (SSSR count). The van der Waals surface area contributed by atoms with Crippen LogP contribution < -0.4 is 0 Å². The van der Waals surface area contributed by atoms with E-state index in [4.69, 9.17) is 21.1 Å². The molecule has 0 amide bonds. The second-order valence-corrected chi connectivity index (χ2v) is 12.0. The second-order valence-electron chi connectivity index (χ2n) is 11.4. The average molecular weight is 503 g/mol. The second kappa shape index (κ2) is 12.2. The highest BCUT2D eigenvalue weighted by Gasteiger charge is 2.51. The van der Waals surface area contributed by atoms with Crippen molar-refractivity contribution in [3.63, 3.8) is 0 Å². The smallest absolute Gasteiger partial charge is 0.168 e. The summed E-state index contributed by atoms with van der Waals surface area (Å²) in [5.41, 5.74) is 1.99. The molecule has 0 aromatic rings. The molecule has 3 fully saturated rings. The number of carbonyl (C=O) groups excluding carboxylic acids is 2. The molecule has 0 N–H and O–H groups in total. The van der Waals surface area contributed by atoms with Crippen LogP contribution in [0.1, 0.15) is 91.4 Å². The van der Waals surface area contributed by atoms with Crippen LogP contribution in [0.4, 0.5) is 0 Å². The summed E-state index contributed by atoms with van der Waals surface area (Å²) in [4.78, 5) is 27.2. The van der Waals surface area contributed by atoms with Crippen LogP contribution in [-0.4, -0.2) is 35.8 Å². The Balaban J connectivity index is 1.57. The molecule has 4 unspecified atom stereocenters. The van der Waals surface area contributed by atoms with E-state index < -0.39 is 12.0 Å². The molecule has 4 aliphatic rings. The predicted octanol–water partition coefficient (Wildman–Crippen LogP) is 7.11. The normalized spacial score (nSPS) is 34.5. The van der Waals surface area contributed by atoms with Gasteiger partial charge < -0.3 is 9.47 Å². The van der Waals surface area contributed by atoms with Gasteiger partial charge in [0.25, 0.3) is 0 Å². The predicted molar refractivity (Wildman–Crippen MR) is 140 cm³/mol. The third-order valence-electron chi connectivity index (χ3n) is 8.59. The summed E-state index contributed by atoms with van der Waals surface area (Å²) < 4.78 is 13.0. The Hall–Kier alpha value is -1.39. The Morgan fingerprint density at radius 1 is 1.03 bits per heavy atom. The molecule has 1 aliphatic heterocycles. The van der Waals surface area contributed by atoms with E-state index in [9.17, 15) is 9.59 Å². The van der Waals surface area contributed by atoms with E-state index in [0.29, 0.717) is 31.3 Å². The molecule has 3 saturated carbocycles. The van der Waals surface area contributed by atoms with Gasteiger partial charge in [0.2, 0.25) is 0 Å². The molecule has 0 saturated heterocycles. The van der Waals surface area contributed by atoms with Gasteiger partial charge >= 0.3 is 0 Å². The van der Waals surface area contributed by atoms with Crippen molar-refractivity contribution in [2.24, 2.45) is 23.7 Å². The lowest BCUT2D eigenvalue weighted by Gasteiger charge is -2.45. The molecule has 35 heavy (non-hydrogen) atoms. The van der Waals surface area contributed by atoms with Crippen molar-refractivity contribution in [3.8, 4) is 0 Å². The zero-order valence-corrected chi connectivity index (χ0v) is 22.5. The van der Waals surface area contributed by atoms with Crippen molar-refractivity contribution < 1.29 is 19.1 Å². The summed E-state index contributed by atoms with van der Waals surface area (Å²) in [6.07, 6.45) is 16.5. The highest BCUT2D eigenvalue weighted by atomic mass is 35.5. The number of halogens is 1. The molecular weight excluding hydrogens is 460 g/mol. The number of hydrogen-bond acceptors (Lipinski definition) is 4. The Labute approximate surface area is 216 Å². The fraction of sp³-hybridized carbons (Fsp3) is 0.733. The maximum Gasteiger partial charge on any atom is 0.168 e. The molecule has 0 aromatic carbocycles. The van der Waals surface area contributed by atoms with Crippen LogP contribution in [0.15, 0.2) is 35.1 Å². The standard InChI is InChI=1S/C30H43ClO4/c1-19(2)17-18-34-26-16-14-24-28(33)20(3)29(22-7-5-4-6-8-22)35-30(24)27(26)25(32)15-11-21-9-12-23(31)13-10-21/h11,15,17,21-24,26-27,30H,4-10,12-14,16,18H2,1-3H3. The molecule has 4 nitrogen and oxygen atoms in total. The van der Waals surface area contributed by atoms with Gasteiger partial charge in [0.05, 0.1) is 24.5 Å². The molecule has 0 spiro atoms. The first-order valence-electron chi connectivity index (χ1n) is 13.9. The molecular formula is C30H43ClO4. The summed E-state index contributed by atoms with van der Waals surface area (Å²) in [5, 5.41) is 0.261. The van der Waals surface area contributed by atoms with Crippen molar-refractivity contribution in [3.05, 3.63) is 35.1 Å². The lowest BCUT2D eigenvalue weighted by atomic mass is 9.69. The van der Waals surface area contributed by atoms with Gasteiger partial charge in [-0.05, 0) is 84.1 Å². The zero-order chi connectivity index (χ0) is 24.9. The molecule has 194 valence electrons. The van der Waals surface area contributed by atoms with Gasteiger partial charge in [-0.15, -0.1) is 11.6 Å². The summed E-state index contributed by atoms with van der Waals surface area (Å²) in [6.45, 7) is 6.52. The average Bonchev–Trinajstić information content (AvgIpc) is 2.85. The maximum absolute atomic E-state index is 13.7. The third kappa shape index (κ3) is 6.49. The summed E-state index contributed by atoms with van der Waals surface area (Å²) >= 11 is 6.27. The van der Waals surface area contributed by atoms with Crippen LogP contribution in [0.5, 0.6) is 0 Å². The van der Waals surface area contributed by atoms with Gasteiger partial charge in [-0.25, -0.2) is 0 Å². The molecule has 0 radical (unpaired) electrons. The van der Waals surface area contributed by atoms with E-state index in [1.807, 2.05) is 20.8 Å². The van der Waals surface area contributed by atoms with Gasteiger partial charge in [0.15, 0.2) is 11.6 Å². The Morgan fingerprint density at radius 2 is 1.74 bits per heavy atom. The van der Waals surface area contributed by atoms with Crippen LogP contribution >= 0.6 is 11.6 Å². The number of Topliss-reactive ketones (excluding diaryl/α,β-unsaturated/α-hetero) is 1. The minimum absolute atomic E-state index is 0.0465. The number of ether oxygens (including phenoxy) is 2. The monoisotopic (exact) mass is 502 g/mol. The van der Waals surface area contributed by atoms with E-state index in [2.05, 4.69) is 12.2 Å². The van der Waals surface area contributed by atoms with Gasteiger partial charge in [-0.1, -0.05) is 37.0 Å². The van der Waals surface area contributed by atoms with Gasteiger partial charge in [0.1, 0.15) is 11.9 Å². The van der Waals surface area contributed by atoms with Gasteiger partial charge in [0, 0.05) is 16.9 Å². The van der Waals surface area contributed by atoms with Crippen molar-refractivity contribution in [2.45, 2.75) is 109 Å². The van der Waals surface area contributed by atoms with Crippen LogP contribution in [0, 0.1) is 23.7 Å². The topological polar surface area (TPSA) is 52.6 Å². The van der Waals surface area contributed by atoms with Gasteiger partial charge in [-0.2, -0.15) is 0 Å². The molecule has 1 heterocycles. The summed E-state index contributed by atoms with van der Waals surface area (Å²) in [5.74, 6) is 1.10. The Bertz CT molecular complexity index is 854. The Morgan fingerprint density at radius 3 is 2.43 bits per heavy atom. The summed E-state index contributed by atoms with van der Waals surface area (Å²) in [7, 11) is 0. The minimum Gasteiger partial charge on any atom is -0.492 e. The Kier molecular flexibility index (Phi) is 9.32. The first kappa shape index (κ1) is 26.7. The largest absolute Gasteiger partial charge is 0.492 e. The van der Waals surface area contributed by atoms with Crippen molar-refractivity contribution in [2.75, 3.05) is 6.61 Å². The fourth-order valence-electron chi connectivity index (χ4n) is 6.47. The van der Waals surface area contributed by atoms with Crippen molar-refractivity contribution in [1.82, 2.24) is 0 Å². The highest BCUT2D eigenvalue weighted by Crippen LogP contribution is 2.44. The summed E-state index contributed by atoms with van der Waals surface area (Å²) in [6, 6.07) is 0. The number of fused-ring (bicyclic) bond motifs is 1. The first-order valence-corrected chi connectivity index (χ1v) is 14.3. The molecule has 3 aliphatic carbocycles. The van der Waals surface area contributed by atoms with E-state index in [1.54, 1.807) is 6.08 Å². The molecule has 4 atom stereocenters. The van der Waals surface area contributed by atoms with Crippen LogP contribution in [0.25, 0.3) is 0 Å². The minimum atomic E-state index is -0.449. The van der Waals surface area contributed by atoms with Crippen molar-refractivity contribution in [1.29, 1.82) is 0 Å². The number of rotatable bonds is 7. The van der Waals surface area contributed by atoms with E-state index >= 15 is 0 Å². The third-order valence-corrected chi connectivity index (χ3v) is 9.03. The highest BCUT2D eigenvalue weighted by molar-refractivity contribution is 6.20. The number of ketones is 2. The molecule has 0 aromatic heterocycles. The number of hydrogen-bond donors (Lipinski definition) is 0. The van der Waals surface area contributed by atoms with Crippen LogP contribution in [0.3, 0.4) is 0 Å². The number of carbonyl (C=O) groups is 2. The van der Waals surface area contributed by atoms with E-state index in [1.165, 1.54) is 24.8 Å².